The van der Waals surface area contributed by atoms with Crippen LogP contribution >= 0.6 is 9.39 Å². The van der Waals surface area contributed by atoms with E-state index in [1.54, 1.807) is 0 Å². The summed E-state index contributed by atoms with van der Waals surface area (Å²) in [6.07, 6.45) is 0.523. The van der Waals surface area contributed by atoms with Gasteiger partial charge in [0.2, 0.25) is 0 Å². The lowest BCUT2D eigenvalue weighted by atomic mass is 10.8. The fraction of sp³-hybridized carbons (Fsp3) is 1.00. The second-order valence-electron chi connectivity index (χ2n) is 2.61. The predicted molar refractivity (Wildman–Crippen MR) is 39.8 cm³/mol. The van der Waals surface area contributed by atoms with Crippen LogP contribution in [0.1, 0.15) is 0 Å². The first-order valence-electron chi connectivity index (χ1n) is 3.36. The largest absolute Gasteiger partial charge is 0.273 e. The summed E-state index contributed by atoms with van der Waals surface area (Å²) in [5.74, 6) is 0. The van der Waals surface area contributed by atoms with Crippen LogP contribution in [0, 0.1) is 0 Å². The first-order valence-corrected chi connectivity index (χ1v) is 3.94. The molecule has 0 saturated carbocycles. The van der Waals surface area contributed by atoms with E-state index in [-0.39, 0.29) is 0 Å². The molecule has 1 atom stereocenters. The smallest absolute Gasteiger partial charge is 0.120 e. The van der Waals surface area contributed by atoms with Crippen molar-refractivity contribution in [2.24, 2.45) is 0 Å². The molecule has 0 aromatic rings. The monoisotopic (exact) mass is 145 g/mol. The molecule has 0 aromatic carbocycles. The quantitative estimate of drug-likeness (QED) is 0.417. The van der Waals surface area contributed by atoms with Gasteiger partial charge in [-0.25, -0.2) is 0 Å². The third-order valence-electron chi connectivity index (χ3n) is 1.80. The zero-order valence-electron chi connectivity index (χ0n) is 5.38. The number of nitrogens with one attached hydrogen (secondary N) is 1. The van der Waals surface area contributed by atoms with E-state index in [0.717, 1.165) is 0 Å². The number of hydrogen-bond acceptors (Lipinski definition) is 3. The van der Waals surface area contributed by atoms with E-state index in [1.807, 2.05) is 0 Å². The summed E-state index contributed by atoms with van der Waals surface area (Å²) in [4.78, 5) is 4.81. The van der Waals surface area contributed by atoms with Crippen molar-refractivity contribution in [3.05, 3.63) is 0 Å². The van der Waals surface area contributed by atoms with E-state index >= 15 is 0 Å². The zero-order valence-corrected chi connectivity index (χ0v) is 6.53. The molecule has 0 aliphatic carbocycles. The van der Waals surface area contributed by atoms with E-state index in [2.05, 4.69) is 24.3 Å². The minimum Gasteiger partial charge on any atom is -0.273 e. The van der Waals surface area contributed by atoms with Crippen molar-refractivity contribution < 1.29 is 0 Å². The van der Waals surface area contributed by atoms with Gasteiger partial charge in [-0.2, -0.15) is 0 Å². The average Bonchev–Trinajstić information content (AvgIpc) is 2.61. The average molecular weight is 145 g/mol. The number of hydrogen-bond donors (Lipinski definition) is 1. The lowest BCUT2D eigenvalue weighted by Crippen LogP contribution is -2.36. The van der Waals surface area contributed by atoms with Crippen LogP contribution < -0.4 is 5.09 Å². The summed E-state index contributed by atoms with van der Waals surface area (Å²) in [6, 6.07) is 0. The lowest BCUT2D eigenvalue weighted by Gasteiger charge is -2.17. The SMILES string of the molecule is PNC(N1CC1)N1CC1. The molecule has 1 N–H and O–H groups in total. The Balaban J connectivity index is 1.85. The van der Waals surface area contributed by atoms with Crippen LogP contribution in [0.25, 0.3) is 0 Å². The molecule has 0 amide bonds. The van der Waals surface area contributed by atoms with Crippen LogP contribution in [0.5, 0.6) is 0 Å². The third kappa shape index (κ3) is 1.24. The third-order valence-corrected chi connectivity index (χ3v) is 2.10. The van der Waals surface area contributed by atoms with Crippen molar-refractivity contribution >= 4 is 9.39 Å². The Labute approximate surface area is 57.6 Å². The van der Waals surface area contributed by atoms with Crippen LogP contribution in [0.2, 0.25) is 0 Å². The molecule has 0 radical (unpaired) electrons. The molecule has 4 heteroatoms. The van der Waals surface area contributed by atoms with Crippen molar-refractivity contribution in [2.45, 2.75) is 6.29 Å². The standard InChI is InChI=1S/C5H12N3P/c9-6-5(7-1-2-7)8-3-4-8/h5-6H,1-4,9H2. The Kier molecular flexibility index (Phi) is 1.46. The van der Waals surface area contributed by atoms with E-state index in [9.17, 15) is 0 Å². The molecule has 2 heterocycles. The Morgan fingerprint density at radius 3 is 1.78 bits per heavy atom. The van der Waals surface area contributed by atoms with Gasteiger partial charge in [-0.1, -0.05) is 9.39 Å². The van der Waals surface area contributed by atoms with Crippen molar-refractivity contribution in [3.63, 3.8) is 0 Å². The van der Waals surface area contributed by atoms with Gasteiger partial charge < -0.3 is 0 Å². The Morgan fingerprint density at radius 2 is 1.56 bits per heavy atom. The minimum absolute atomic E-state index is 0.523. The highest BCUT2D eigenvalue weighted by Crippen LogP contribution is 2.18. The summed E-state index contributed by atoms with van der Waals surface area (Å²) in [7, 11) is 2.58. The fourth-order valence-corrected chi connectivity index (χ4v) is 1.47. The summed E-state index contributed by atoms with van der Waals surface area (Å²) < 4.78 is 0. The molecule has 2 fully saturated rings. The molecule has 2 saturated heterocycles. The van der Waals surface area contributed by atoms with Crippen molar-refractivity contribution in [1.29, 1.82) is 0 Å². The van der Waals surface area contributed by atoms with E-state index in [0.29, 0.717) is 6.29 Å². The van der Waals surface area contributed by atoms with Gasteiger partial charge >= 0.3 is 0 Å². The molecule has 9 heavy (non-hydrogen) atoms. The van der Waals surface area contributed by atoms with Crippen molar-refractivity contribution in [1.82, 2.24) is 14.9 Å². The highest BCUT2D eigenvalue weighted by atomic mass is 31.0. The predicted octanol–water partition coefficient (Wildman–Crippen LogP) is -0.719. The fourth-order valence-electron chi connectivity index (χ4n) is 1.05. The molecule has 2 rings (SSSR count). The summed E-state index contributed by atoms with van der Waals surface area (Å²) in [5.41, 5.74) is 0. The first kappa shape index (κ1) is 6.05. The topological polar surface area (TPSA) is 18.0 Å². The van der Waals surface area contributed by atoms with Gasteiger partial charge in [0.25, 0.3) is 0 Å². The van der Waals surface area contributed by atoms with Gasteiger partial charge in [0, 0.05) is 26.2 Å². The second-order valence-corrected chi connectivity index (χ2v) is 2.95. The molecule has 0 bridgehead atoms. The summed E-state index contributed by atoms with van der Waals surface area (Å²) in [5, 5.41) is 3.19. The second kappa shape index (κ2) is 2.17. The molecule has 3 nitrogen and oxygen atoms in total. The molecule has 1 unspecified atom stereocenters. The van der Waals surface area contributed by atoms with Gasteiger partial charge in [-0.3, -0.25) is 14.9 Å². The highest BCUT2D eigenvalue weighted by molar-refractivity contribution is 7.13. The van der Waals surface area contributed by atoms with Crippen LogP contribution in [-0.2, 0) is 0 Å². The molecule has 52 valence electrons. The molecular weight excluding hydrogens is 133 g/mol. The van der Waals surface area contributed by atoms with Gasteiger partial charge in [0.05, 0.1) is 0 Å². The Hall–Kier alpha value is 0.310. The van der Waals surface area contributed by atoms with E-state index < -0.39 is 0 Å². The molecule has 0 aromatic heterocycles. The van der Waals surface area contributed by atoms with E-state index in [4.69, 9.17) is 0 Å². The summed E-state index contributed by atoms with van der Waals surface area (Å²) >= 11 is 0. The maximum Gasteiger partial charge on any atom is 0.120 e. The maximum atomic E-state index is 3.19. The van der Waals surface area contributed by atoms with Gasteiger partial charge in [0.15, 0.2) is 0 Å². The molecule has 2 aliphatic heterocycles. The van der Waals surface area contributed by atoms with Gasteiger partial charge in [-0.15, -0.1) is 0 Å². The van der Waals surface area contributed by atoms with Crippen LogP contribution in [0.15, 0.2) is 0 Å². The number of nitrogens with zero attached hydrogens (tertiary/aromatic N) is 2. The van der Waals surface area contributed by atoms with E-state index in [1.165, 1.54) is 26.2 Å². The maximum absolute atomic E-state index is 3.19. The minimum atomic E-state index is 0.523. The highest BCUT2D eigenvalue weighted by Gasteiger charge is 2.35. The van der Waals surface area contributed by atoms with Crippen molar-refractivity contribution in [2.75, 3.05) is 26.2 Å². The normalized spacial score (nSPS) is 27.3. The molecular formula is C5H12N3P. The van der Waals surface area contributed by atoms with Gasteiger partial charge in [-0.05, 0) is 0 Å². The van der Waals surface area contributed by atoms with Crippen LogP contribution in [0.3, 0.4) is 0 Å². The zero-order chi connectivity index (χ0) is 6.27. The number of rotatable bonds is 3. The Bertz CT molecular complexity index is 98.8. The summed E-state index contributed by atoms with van der Waals surface area (Å²) in [6.45, 7) is 5.07. The molecule has 0 spiro atoms. The Morgan fingerprint density at radius 1 is 1.11 bits per heavy atom. The van der Waals surface area contributed by atoms with Crippen LogP contribution in [-0.4, -0.2) is 42.3 Å². The van der Waals surface area contributed by atoms with Crippen LogP contribution in [0.4, 0.5) is 0 Å². The first-order chi connectivity index (χ1) is 4.42. The lowest BCUT2D eigenvalue weighted by molar-refractivity contribution is 0.238. The van der Waals surface area contributed by atoms with Gasteiger partial charge in [0.1, 0.15) is 6.29 Å². The van der Waals surface area contributed by atoms with Crippen molar-refractivity contribution in [3.8, 4) is 0 Å². The molecule has 2 aliphatic rings.